The number of fused-ring (bicyclic) bond motifs is 1. The van der Waals surface area contributed by atoms with Crippen LogP contribution in [0.5, 0.6) is 0 Å². The minimum atomic E-state index is 0.181. The van der Waals surface area contributed by atoms with E-state index in [4.69, 9.17) is 0 Å². The largest absolute Gasteiger partial charge is 0.295 e. The van der Waals surface area contributed by atoms with Crippen LogP contribution in [-0.2, 0) is 4.79 Å². The molecular formula is C14H22O. The van der Waals surface area contributed by atoms with Crippen molar-refractivity contribution in [2.45, 2.75) is 53.4 Å². The first-order valence-corrected chi connectivity index (χ1v) is 6.03. The number of carbonyl (C=O) groups excluding carboxylic acids is 1. The average molecular weight is 206 g/mol. The molecule has 0 bridgehead atoms. The van der Waals surface area contributed by atoms with Crippen LogP contribution >= 0.6 is 0 Å². The van der Waals surface area contributed by atoms with E-state index in [9.17, 15) is 4.79 Å². The van der Waals surface area contributed by atoms with E-state index in [1.165, 1.54) is 25.7 Å². The summed E-state index contributed by atoms with van der Waals surface area (Å²) in [7, 11) is 0. The maximum Gasteiger partial charge on any atom is 0.152 e. The molecule has 0 spiro atoms. The second-order valence-corrected chi connectivity index (χ2v) is 6.39. The van der Waals surface area contributed by atoms with Gasteiger partial charge in [0, 0.05) is 0 Å². The van der Waals surface area contributed by atoms with Crippen molar-refractivity contribution in [1.82, 2.24) is 0 Å². The Labute approximate surface area is 92.9 Å². The van der Waals surface area contributed by atoms with E-state index in [0.717, 1.165) is 0 Å². The third kappa shape index (κ3) is 1.39. The highest BCUT2D eigenvalue weighted by Crippen LogP contribution is 2.78. The minimum Gasteiger partial charge on any atom is -0.295 e. The van der Waals surface area contributed by atoms with Crippen molar-refractivity contribution in [3.05, 3.63) is 12.2 Å². The molecule has 0 radical (unpaired) electrons. The van der Waals surface area contributed by atoms with E-state index >= 15 is 0 Å². The molecule has 0 saturated heterocycles. The smallest absolute Gasteiger partial charge is 0.152 e. The zero-order chi connectivity index (χ0) is 11.3. The molecule has 2 fully saturated rings. The number of hydrogen-bond donors (Lipinski definition) is 0. The summed E-state index contributed by atoms with van der Waals surface area (Å²) in [6.45, 7) is 8.75. The van der Waals surface area contributed by atoms with Crippen molar-refractivity contribution in [1.29, 1.82) is 0 Å². The predicted octanol–water partition coefficient (Wildman–Crippen LogP) is 3.74. The molecule has 2 rings (SSSR count). The summed E-state index contributed by atoms with van der Waals surface area (Å²) < 4.78 is 0. The molecule has 84 valence electrons. The van der Waals surface area contributed by atoms with Gasteiger partial charge in [0.15, 0.2) is 5.78 Å². The van der Waals surface area contributed by atoms with Crippen molar-refractivity contribution < 1.29 is 4.79 Å². The zero-order valence-electron chi connectivity index (χ0n) is 10.4. The maximum absolute atomic E-state index is 11.1. The average Bonchev–Trinajstić information content (AvgIpc) is 2.70. The SMILES string of the molecule is CC(=O)/C=C\C12CC1(C)CCCC2(C)C. The van der Waals surface area contributed by atoms with Crippen LogP contribution in [-0.4, -0.2) is 5.78 Å². The maximum atomic E-state index is 11.1. The van der Waals surface area contributed by atoms with Crippen molar-refractivity contribution in [2.24, 2.45) is 16.2 Å². The molecule has 2 atom stereocenters. The lowest BCUT2D eigenvalue weighted by molar-refractivity contribution is -0.112. The first-order valence-electron chi connectivity index (χ1n) is 6.03. The van der Waals surface area contributed by atoms with Crippen molar-refractivity contribution in [2.75, 3.05) is 0 Å². The summed E-state index contributed by atoms with van der Waals surface area (Å²) in [6.07, 6.45) is 9.26. The van der Waals surface area contributed by atoms with E-state index in [-0.39, 0.29) is 5.78 Å². The summed E-state index contributed by atoms with van der Waals surface area (Å²) in [6, 6.07) is 0. The van der Waals surface area contributed by atoms with Crippen LogP contribution < -0.4 is 0 Å². The summed E-state index contributed by atoms with van der Waals surface area (Å²) in [5.41, 5.74) is 1.15. The Hall–Kier alpha value is -0.590. The molecule has 1 nitrogen and oxygen atoms in total. The Morgan fingerprint density at radius 3 is 2.40 bits per heavy atom. The third-order valence-corrected chi connectivity index (χ3v) is 4.96. The van der Waals surface area contributed by atoms with E-state index in [1.54, 1.807) is 13.0 Å². The fourth-order valence-electron chi connectivity index (χ4n) is 3.83. The van der Waals surface area contributed by atoms with Gasteiger partial charge in [-0.25, -0.2) is 0 Å². The van der Waals surface area contributed by atoms with Gasteiger partial charge >= 0.3 is 0 Å². The molecule has 0 aromatic heterocycles. The van der Waals surface area contributed by atoms with Crippen LogP contribution in [0.25, 0.3) is 0 Å². The lowest BCUT2D eigenvalue weighted by Gasteiger charge is -2.41. The highest BCUT2D eigenvalue weighted by molar-refractivity contribution is 5.87. The molecule has 2 aliphatic rings. The fourth-order valence-corrected chi connectivity index (χ4v) is 3.83. The number of carbonyl (C=O) groups is 1. The molecule has 15 heavy (non-hydrogen) atoms. The van der Waals surface area contributed by atoms with Gasteiger partial charge in [0.1, 0.15) is 0 Å². The fraction of sp³-hybridized carbons (Fsp3) is 0.786. The molecule has 2 aliphatic carbocycles. The van der Waals surface area contributed by atoms with Gasteiger partial charge in [-0.1, -0.05) is 33.3 Å². The van der Waals surface area contributed by atoms with Gasteiger partial charge in [-0.3, -0.25) is 4.79 Å². The van der Waals surface area contributed by atoms with Gasteiger partial charge in [0.2, 0.25) is 0 Å². The molecule has 2 saturated carbocycles. The predicted molar refractivity (Wildman–Crippen MR) is 62.6 cm³/mol. The van der Waals surface area contributed by atoms with Crippen molar-refractivity contribution in [3.8, 4) is 0 Å². The molecule has 1 heteroatoms. The molecule has 0 aliphatic heterocycles. The first-order chi connectivity index (χ1) is 6.83. The molecule has 0 aromatic carbocycles. The zero-order valence-corrected chi connectivity index (χ0v) is 10.4. The second-order valence-electron chi connectivity index (χ2n) is 6.39. The van der Waals surface area contributed by atoms with E-state index in [2.05, 4.69) is 26.8 Å². The first kappa shape index (κ1) is 10.9. The summed E-state index contributed by atoms with van der Waals surface area (Å²) >= 11 is 0. The number of allylic oxidation sites excluding steroid dienone is 2. The summed E-state index contributed by atoms with van der Waals surface area (Å²) in [5.74, 6) is 0.181. The van der Waals surface area contributed by atoms with Gasteiger partial charge in [-0.05, 0) is 48.5 Å². The molecule has 0 amide bonds. The lowest BCUT2D eigenvalue weighted by atomic mass is 9.63. The second kappa shape index (κ2) is 2.96. The van der Waals surface area contributed by atoms with Gasteiger partial charge in [0.25, 0.3) is 0 Å². The summed E-state index contributed by atoms with van der Waals surface area (Å²) in [4.78, 5) is 11.1. The van der Waals surface area contributed by atoms with Gasteiger partial charge in [0.05, 0.1) is 0 Å². The van der Waals surface area contributed by atoms with Crippen LogP contribution in [0.2, 0.25) is 0 Å². The Kier molecular flexibility index (Phi) is 2.15. The molecular weight excluding hydrogens is 184 g/mol. The number of ketones is 1. The number of rotatable bonds is 2. The molecule has 0 N–H and O–H groups in total. The summed E-state index contributed by atoms with van der Waals surface area (Å²) in [5, 5.41) is 0. The van der Waals surface area contributed by atoms with E-state index in [0.29, 0.717) is 16.2 Å². The van der Waals surface area contributed by atoms with Gasteiger partial charge in [-0.15, -0.1) is 0 Å². The van der Waals surface area contributed by atoms with Crippen LogP contribution in [0.4, 0.5) is 0 Å². The number of hydrogen-bond acceptors (Lipinski definition) is 1. The third-order valence-electron chi connectivity index (χ3n) is 4.96. The highest BCUT2D eigenvalue weighted by Gasteiger charge is 2.69. The topological polar surface area (TPSA) is 17.1 Å². The van der Waals surface area contributed by atoms with Crippen LogP contribution in [0.15, 0.2) is 12.2 Å². The van der Waals surface area contributed by atoms with Gasteiger partial charge in [-0.2, -0.15) is 0 Å². The Bertz CT molecular complexity index is 326. The molecule has 0 aromatic rings. The van der Waals surface area contributed by atoms with Crippen molar-refractivity contribution >= 4 is 5.78 Å². The monoisotopic (exact) mass is 206 g/mol. The van der Waals surface area contributed by atoms with Crippen LogP contribution in [0.1, 0.15) is 53.4 Å². The van der Waals surface area contributed by atoms with E-state index in [1.807, 2.05) is 0 Å². The quantitative estimate of drug-likeness (QED) is 0.629. The lowest BCUT2D eigenvalue weighted by Crippen LogP contribution is -2.32. The highest BCUT2D eigenvalue weighted by atomic mass is 16.1. The molecule has 0 heterocycles. The standard InChI is InChI=1S/C14H22O/c1-11(15)6-9-14-10-13(14,4)8-5-7-12(14,2)3/h6,9H,5,7-8,10H2,1-4H3/b9-6-. The Morgan fingerprint density at radius 1 is 1.20 bits per heavy atom. The molecule has 2 unspecified atom stereocenters. The Morgan fingerprint density at radius 2 is 1.87 bits per heavy atom. The van der Waals surface area contributed by atoms with Crippen LogP contribution in [0, 0.1) is 16.2 Å². The normalized spacial score (nSPS) is 42.7. The van der Waals surface area contributed by atoms with Gasteiger partial charge < -0.3 is 0 Å². The van der Waals surface area contributed by atoms with Crippen molar-refractivity contribution in [3.63, 3.8) is 0 Å². The van der Waals surface area contributed by atoms with Crippen LogP contribution in [0.3, 0.4) is 0 Å². The minimum absolute atomic E-state index is 0.181. The van der Waals surface area contributed by atoms with E-state index < -0.39 is 0 Å². The Balaban J connectivity index is 2.29.